The van der Waals surface area contributed by atoms with Crippen LogP contribution in [0.15, 0.2) is 64.1 Å². The van der Waals surface area contributed by atoms with Crippen molar-refractivity contribution in [3.8, 4) is 22.9 Å². The van der Waals surface area contributed by atoms with Crippen molar-refractivity contribution >= 4 is 23.3 Å². The van der Waals surface area contributed by atoms with E-state index in [1.165, 1.54) is 48.4 Å². The van der Waals surface area contributed by atoms with E-state index in [-0.39, 0.29) is 35.3 Å². The van der Waals surface area contributed by atoms with Gasteiger partial charge in [-0.25, -0.2) is 9.37 Å². The normalized spacial score (nSPS) is 11.6. The van der Waals surface area contributed by atoms with Crippen LogP contribution in [0.1, 0.15) is 39.1 Å². The van der Waals surface area contributed by atoms with Gasteiger partial charge in [0.1, 0.15) is 23.9 Å². The average molecular weight is 549 g/mol. The van der Waals surface area contributed by atoms with Gasteiger partial charge >= 0.3 is 0 Å². The van der Waals surface area contributed by atoms with E-state index >= 15 is 0 Å². The van der Waals surface area contributed by atoms with Crippen molar-refractivity contribution in [1.82, 2.24) is 9.55 Å². The molecule has 2 aromatic carbocycles. The minimum Gasteiger partial charge on any atom is -0.495 e. The number of halogens is 2. The molecule has 1 amide bonds. The van der Waals surface area contributed by atoms with E-state index in [1.54, 1.807) is 19.1 Å². The predicted molar refractivity (Wildman–Crippen MR) is 140 cm³/mol. The van der Waals surface area contributed by atoms with Crippen LogP contribution in [0.25, 0.3) is 11.1 Å². The minimum absolute atomic E-state index is 0.00104. The number of rotatable bonds is 9. The van der Waals surface area contributed by atoms with Gasteiger partial charge in [-0.3, -0.25) is 14.4 Å². The Balaban J connectivity index is 1.79. The fraction of sp³-hybridized carbons (Fsp3) is 0.179. The Labute approximate surface area is 227 Å². The maximum absolute atomic E-state index is 14.3. The molecule has 0 saturated heterocycles. The molecule has 2 aromatic heterocycles. The van der Waals surface area contributed by atoms with Gasteiger partial charge in [-0.2, -0.15) is 5.26 Å². The number of nitrogens with zero attached hydrogens (tertiary/aromatic N) is 3. The number of hydrogen-bond acceptors (Lipinski definition) is 7. The number of ether oxygens (including phenoxy) is 1. The van der Waals surface area contributed by atoms with Crippen molar-refractivity contribution in [3.05, 3.63) is 104 Å². The minimum atomic E-state index is -1.07. The number of amides is 1. The van der Waals surface area contributed by atoms with Crippen molar-refractivity contribution in [2.45, 2.75) is 25.8 Å². The van der Waals surface area contributed by atoms with Crippen molar-refractivity contribution in [2.24, 2.45) is 5.73 Å². The Morgan fingerprint density at radius 3 is 2.62 bits per heavy atom. The highest BCUT2D eigenvalue weighted by Crippen LogP contribution is 2.33. The van der Waals surface area contributed by atoms with Crippen LogP contribution in [0, 0.1) is 24.1 Å². The van der Waals surface area contributed by atoms with Crippen LogP contribution in [0.4, 0.5) is 4.39 Å². The molecule has 0 saturated carbocycles. The molecule has 0 fully saturated rings. The second-order valence-electron chi connectivity index (χ2n) is 8.70. The van der Waals surface area contributed by atoms with Crippen molar-refractivity contribution in [3.63, 3.8) is 0 Å². The standard InChI is InChI=1S/C28H22ClFN4O5/c1-15-33-19(14-39-15)10-24(25(35)8-16-3-6-20(28(32)37)23(30)7-16)34-13-26(38-2)22(11-27(34)36)21-9-18(29)5-4-17(21)12-31/h3-7,9,11,13-14,24H,8,10H2,1-2H3,(H2,32,37). The summed E-state index contributed by atoms with van der Waals surface area (Å²) in [5.41, 5.74) is 6.03. The van der Waals surface area contributed by atoms with Crippen LogP contribution < -0.4 is 16.0 Å². The number of Topliss-reactive ketones (excluding diaryl/α,β-unsaturated/α-hetero) is 1. The van der Waals surface area contributed by atoms with Gasteiger partial charge in [0.25, 0.3) is 11.5 Å². The fourth-order valence-corrected chi connectivity index (χ4v) is 4.41. The second kappa shape index (κ2) is 11.3. The summed E-state index contributed by atoms with van der Waals surface area (Å²) < 4.78 is 26.4. The number of pyridine rings is 1. The van der Waals surface area contributed by atoms with Gasteiger partial charge in [0.2, 0.25) is 0 Å². The van der Waals surface area contributed by atoms with E-state index in [2.05, 4.69) is 11.1 Å². The molecule has 2 N–H and O–H groups in total. The molecular weight excluding hydrogens is 527 g/mol. The molecule has 0 aliphatic rings. The first kappa shape index (κ1) is 27.3. The lowest BCUT2D eigenvalue weighted by molar-refractivity contribution is -0.121. The molecule has 0 radical (unpaired) electrons. The zero-order valence-electron chi connectivity index (χ0n) is 20.9. The maximum atomic E-state index is 14.3. The SMILES string of the molecule is COc1cn(C(Cc2coc(C)n2)C(=O)Cc2ccc(C(N)=O)c(F)c2)c(=O)cc1-c1cc(Cl)ccc1C#N. The van der Waals surface area contributed by atoms with Crippen LogP contribution in [0.3, 0.4) is 0 Å². The lowest BCUT2D eigenvalue weighted by atomic mass is 9.97. The van der Waals surface area contributed by atoms with E-state index in [9.17, 15) is 24.0 Å². The van der Waals surface area contributed by atoms with E-state index < -0.39 is 29.1 Å². The number of nitrogens with two attached hydrogens (primary N) is 1. The fourth-order valence-electron chi connectivity index (χ4n) is 4.24. The number of ketones is 1. The Hall–Kier alpha value is -4.75. The number of methoxy groups -OCH3 is 1. The number of carbonyl (C=O) groups is 2. The van der Waals surface area contributed by atoms with Gasteiger partial charge in [0.05, 0.1) is 36.2 Å². The summed E-state index contributed by atoms with van der Waals surface area (Å²) in [6.07, 6.45) is 2.52. The zero-order valence-corrected chi connectivity index (χ0v) is 21.7. The third-order valence-corrected chi connectivity index (χ3v) is 6.35. The summed E-state index contributed by atoms with van der Waals surface area (Å²) >= 11 is 6.14. The number of benzene rings is 2. The molecule has 9 nitrogen and oxygen atoms in total. The number of aromatic nitrogens is 2. The molecular formula is C28H22ClFN4O5. The Morgan fingerprint density at radius 2 is 2.00 bits per heavy atom. The van der Waals surface area contributed by atoms with Gasteiger partial charge in [0, 0.05) is 42.0 Å². The summed E-state index contributed by atoms with van der Waals surface area (Å²) in [7, 11) is 1.39. The first-order valence-corrected chi connectivity index (χ1v) is 12.0. The number of nitriles is 1. The summed E-state index contributed by atoms with van der Waals surface area (Å²) in [5.74, 6) is -1.61. The Bertz CT molecular complexity index is 1690. The molecule has 0 bridgehead atoms. The number of carbonyl (C=O) groups excluding carboxylic acids is 2. The topological polar surface area (TPSA) is 141 Å². The van der Waals surface area contributed by atoms with Gasteiger partial charge in [-0.05, 0) is 35.9 Å². The number of aryl methyl sites for hydroxylation is 1. The Kier molecular flexibility index (Phi) is 7.93. The predicted octanol–water partition coefficient (Wildman–Crippen LogP) is 4.18. The molecule has 198 valence electrons. The van der Waals surface area contributed by atoms with Crippen LogP contribution >= 0.6 is 11.6 Å². The molecule has 0 aliphatic carbocycles. The van der Waals surface area contributed by atoms with Crippen LogP contribution in [-0.4, -0.2) is 28.4 Å². The van der Waals surface area contributed by atoms with Gasteiger partial charge in [-0.15, -0.1) is 0 Å². The van der Waals surface area contributed by atoms with E-state index in [4.69, 9.17) is 26.5 Å². The lowest BCUT2D eigenvalue weighted by Crippen LogP contribution is -2.32. The molecule has 4 rings (SSSR count). The number of hydrogen-bond donors (Lipinski definition) is 1. The molecule has 0 spiro atoms. The monoisotopic (exact) mass is 548 g/mol. The number of primary amides is 1. The van der Waals surface area contributed by atoms with E-state index in [1.807, 2.05) is 0 Å². The molecule has 1 atom stereocenters. The average Bonchev–Trinajstić information content (AvgIpc) is 3.31. The lowest BCUT2D eigenvalue weighted by Gasteiger charge is -2.20. The Morgan fingerprint density at radius 1 is 1.23 bits per heavy atom. The van der Waals surface area contributed by atoms with Crippen molar-refractivity contribution in [1.29, 1.82) is 5.26 Å². The van der Waals surface area contributed by atoms with Crippen LogP contribution in [0.5, 0.6) is 5.75 Å². The molecule has 39 heavy (non-hydrogen) atoms. The largest absolute Gasteiger partial charge is 0.495 e. The highest BCUT2D eigenvalue weighted by molar-refractivity contribution is 6.31. The third-order valence-electron chi connectivity index (χ3n) is 6.11. The van der Waals surface area contributed by atoms with Crippen LogP contribution in [-0.2, 0) is 17.6 Å². The summed E-state index contributed by atoms with van der Waals surface area (Å²) in [4.78, 5) is 42.6. The molecule has 0 aliphatic heterocycles. The molecule has 4 aromatic rings. The maximum Gasteiger partial charge on any atom is 0.252 e. The smallest absolute Gasteiger partial charge is 0.252 e. The van der Waals surface area contributed by atoms with Gasteiger partial charge in [-0.1, -0.05) is 17.7 Å². The van der Waals surface area contributed by atoms with Gasteiger partial charge < -0.3 is 19.5 Å². The molecule has 2 heterocycles. The highest BCUT2D eigenvalue weighted by Gasteiger charge is 2.26. The van der Waals surface area contributed by atoms with Crippen molar-refractivity contribution in [2.75, 3.05) is 7.11 Å². The second-order valence-corrected chi connectivity index (χ2v) is 9.14. The zero-order chi connectivity index (χ0) is 28.3. The van der Waals surface area contributed by atoms with Gasteiger partial charge in [0.15, 0.2) is 11.7 Å². The first-order valence-electron chi connectivity index (χ1n) is 11.6. The highest BCUT2D eigenvalue weighted by atomic mass is 35.5. The first-order chi connectivity index (χ1) is 18.6. The number of oxazole rings is 1. The molecule has 11 heteroatoms. The summed E-state index contributed by atoms with van der Waals surface area (Å²) in [6, 6.07) is 10.6. The van der Waals surface area contributed by atoms with E-state index in [0.29, 0.717) is 27.7 Å². The van der Waals surface area contributed by atoms with Crippen molar-refractivity contribution < 1.29 is 23.1 Å². The quantitative estimate of drug-likeness (QED) is 0.330. The van der Waals surface area contributed by atoms with Crippen LogP contribution in [0.2, 0.25) is 5.02 Å². The van der Waals surface area contributed by atoms with E-state index in [0.717, 1.165) is 6.07 Å². The summed E-state index contributed by atoms with van der Waals surface area (Å²) in [5, 5.41) is 9.92. The summed E-state index contributed by atoms with van der Waals surface area (Å²) in [6.45, 7) is 1.64. The third kappa shape index (κ3) is 5.89. The molecule has 1 unspecified atom stereocenters.